The Morgan fingerprint density at radius 1 is 1.32 bits per heavy atom. The van der Waals surface area contributed by atoms with Gasteiger partial charge in [0.2, 0.25) is 0 Å². The average molecular weight is 325 g/mol. The van der Waals surface area contributed by atoms with Crippen LogP contribution in [-0.2, 0) is 0 Å². The number of hydrazine groups is 1. The number of hydrogen-bond acceptors (Lipinski definition) is 4. The van der Waals surface area contributed by atoms with Gasteiger partial charge < -0.3 is 8.83 Å². The van der Waals surface area contributed by atoms with Crippen molar-refractivity contribution >= 4 is 26.9 Å². The molecule has 3 N–H and O–H groups in total. The highest BCUT2D eigenvalue weighted by Gasteiger charge is 2.22. The first kappa shape index (κ1) is 12.4. The zero-order valence-electron chi connectivity index (χ0n) is 9.69. The third-order valence-electron chi connectivity index (χ3n) is 2.92. The number of nitrogens with one attached hydrogen (secondary N) is 1. The zero-order valence-corrected chi connectivity index (χ0v) is 11.3. The minimum Gasteiger partial charge on any atom is -0.457 e. The van der Waals surface area contributed by atoms with Gasteiger partial charge in [0.05, 0.1) is 6.26 Å². The summed E-state index contributed by atoms with van der Waals surface area (Å²) in [6.45, 7) is 0. The first-order valence-electron chi connectivity index (χ1n) is 5.57. The van der Waals surface area contributed by atoms with E-state index in [1.807, 2.05) is 0 Å². The number of fused-ring (bicyclic) bond motifs is 1. The molecule has 6 heteroatoms. The van der Waals surface area contributed by atoms with Crippen LogP contribution in [0.4, 0.5) is 4.39 Å². The first-order valence-corrected chi connectivity index (χ1v) is 6.37. The van der Waals surface area contributed by atoms with Crippen LogP contribution in [0.3, 0.4) is 0 Å². The first-order chi connectivity index (χ1) is 9.20. The van der Waals surface area contributed by atoms with Crippen LogP contribution < -0.4 is 11.3 Å². The second-order valence-corrected chi connectivity index (χ2v) is 4.78. The summed E-state index contributed by atoms with van der Waals surface area (Å²) in [5.41, 5.74) is 3.64. The predicted octanol–water partition coefficient (Wildman–Crippen LogP) is 3.48. The molecule has 0 spiro atoms. The third kappa shape index (κ3) is 2.07. The summed E-state index contributed by atoms with van der Waals surface area (Å²) in [7, 11) is 0. The van der Waals surface area contributed by atoms with Crippen LogP contribution in [0.2, 0.25) is 0 Å². The summed E-state index contributed by atoms with van der Waals surface area (Å²) in [4.78, 5) is 0. The third-order valence-corrected chi connectivity index (χ3v) is 3.57. The van der Waals surface area contributed by atoms with E-state index < -0.39 is 11.9 Å². The van der Waals surface area contributed by atoms with E-state index in [0.717, 1.165) is 5.56 Å². The van der Waals surface area contributed by atoms with Gasteiger partial charge in [-0.25, -0.2) is 9.82 Å². The van der Waals surface area contributed by atoms with Crippen molar-refractivity contribution < 1.29 is 13.2 Å². The van der Waals surface area contributed by atoms with E-state index in [9.17, 15) is 4.39 Å². The molecule has 0 aliphatic rings. The van der Waals surface area contributed by atoms with Crippen molar-refractivity contribution in [2.75, 3.05) is 0 Å². The lowest BCUT2D eigenvalue weighted by molar-refractivity contribution is 0.457. The lowest BCUT2D eigenvalue weighted by Crippen LogP contribution is -2.28. The molecule has 98 valence electrons. The normalized spacial score (nSPS) is 13.0. The molecule has 1 aromatic carbocycles. The van der Waals surface area contributed by atoms with Crippen molar-refractivity contribution in [2.24, 2.45) is 5.84 Å². The van der Waals surface area contributed by atoms with Crippen LogP contribution in [0.1, 0.15) is 17.4 Å². The molecule has 0 aliphatic carbocycles. The highest BCUT2D eigenvalue weighted by atomic mass is 79.9. The van der Waals surface area contributed by atoms with E-state index in [2.05, 4.69) is 21.4 Å². The Bertz CT molecular complexity index is 722. The molecule has 0 saturated heterocycles. The van der Waals surface area contributed by atoms with Crippen LogP contribution in [0.15, 0.2) is 50.1 Å². The van der Waals surface area contributed by atoms with Gasteiger partial charge in [0, 0.05) is 10.9 Å². The Kier molecular flexibility index (Phi) is 3.14. The van der Waals surface area contributed by atoms with Gasteiger partial charge in [0.25, 0.3) is 0 Å². The summed E-state index contributed by atoms with van der Waals surface area (Å²) in [6, 6.07) is 7.87. The van der Waals surface area contributed by atoms with Gasteiger partial charge in [-0.15, -0.1) is 0 Å². The van der Waals surface area contributed by atoms with Crippen molar-refractivity contribution in [1.29, 1.82) is 0 Å². The van der Waals surface area contributed by atoms with E-state index >= 15 is 0 Å². The second-order valence-electron chi connectivity index (χ2n) is 4.06. The molecule has 2 heterocycles. The van der Waals surface area contributed by atoms with E-state index in [4.69, 9.17) is 14.7 Å². The van der Waals surface area contributed by atoms with E-state index in [0.29, 0.717) is 15.8 Å². The van der Waals surface area contributed by atoms with Crippen LogP contribution in [0.25, 0.3) is 11.0 Å². The van der Waals surface area contributed by atoms with Gasteiger partial charge in [0.15, 0.2) is 16.1 Å². The summed E-state index contributed by atoms with van der Waals surface area (Å²) >= 11 is 3.29. The lowest BCUT2D eigenvalue weighted by atomic mass is 10.1. The standard InChI is InChI=1S/C13H10BrFN2O2/c14-13-8(4-5-18-13)11(17-16)10-6-7-2-1-3-9(15)12(7)19-10/h1-6,11,17H,16H2. The minimum atomic E-state index is -0.417. The molecule has 0 aliphatic heterocycles. The minimum absolute atomic E-state index is 0.220. The summed E-state index contributed by atoms with van der Waals surface area (Å²) < 4.78 is 24.9. The van der Waals surface area contributed by atoms with E-state index in [-0.39, 0.29) is 5.58 Å². The molecular formula is C13H10BrFN2O2. The maximum absolute atomic E-state index is 13.6. The molecule has 2 aromatic heterocycles. The maximum Gasteiger partial charge on any atom is 0.174 e. The molecule has 1 unspecified atom stereocenters. The van der Waals surface area contributed by atoms with Crippen molar-refractivity contribution in [3.63, 3.8) is 0 Å². The molecule has 4 nitrogen and oxygen atoms in total. The van der Waals surface area contributed by atoms with Crippen LogP contribution in [-0.4, -0.2) is 0 Å². The fraction of sp³-hybridized carbons (Fsp3) is 0.0769. The van der Waals surface area contributed by atoms with Crippen LogP contribution in [0.5, 0.6) is 0 Å². The Hall–Kier alpha value is -1.63. The highest BCUT2D eigenvalue weighted by Crippen LogP contribution is 2.32. The van der Waals surface area contributed by atoms with Crippen molar-refractivity contribution in [2.45, 2.75) is 6.04 Å². The number of benzene rings is 1. The lowest BCUT2D eigenvalue weighted by Gasteiger charge is -2.11. The number of halogens is 2. The monoisotopic (exact) mass is 324 g/mol. The summed E-state index contributed by atoms with van der Waals surface area (Å²) in [5.74, 6) is 5.68. The molecule has 0 fully saturated rings. The molecule has 0 bridgehead atoms. The summed E-state index contributed by atoms with van der Waals surface area (Å²) in [5, 5.41) is 0.690. The number of para-hydroxylation sites is 1. The van der Waals surface area contributed by atoms with Gasteiger partial charge in [0.1, 0.15) is 11.8 Å². The quantitative estimate of drug-likeness (QED) is 0.572. The topological polar surface area (TPSA) is 64.3 Å². The molecular weight excluding hydrogens is 315 g/mol. The Morgan fingerprint density at radius 3 is 2.79 bits per heavy atom. The predicted molar refractivity (Wildman–Crippen MR) is 71.7 cm³/mol. The Morgan fingerprint density at radius 2 is 2.16 bits per heavy atom. The smallest absolute Gasteiger partial charge is 0.174 e. The fourth-order valence-corrected chi connectivity index (χ4v) is 2.49. The number of rotatable bonds is 3. The molecule has 1 atom stereocenters. The fourth-order valence-electron chi connectivity index (χ4n) is 2.03. The molecule has 19 heavy (non-hydrogen) atoms. The van der Waals surface area contributed by atoms with Crippen LogP contribution in [0, 0.1) is 5.82 Å². The van der Waals surface area contributed by atoms with Gasteiger partial charge in [-0.05, 0) is 34.1 Å². The number of furan rings is 2. The second kappa shape index (κ2) is 4.80. The van der Waals surface area contributed by atoms with E-state index in [1.165, 1.54) is 12.3 Å². The number of nitrogens with two attached hydrogens (primary N) is 1. The number of hydrogen-bond donors (Lipinski definition) is 2. The van der Waals surface area contributed by atoms with Gasteiger partial charge >= 0.3 is 0 Å². The highest BCUT2D eigenvalue weighted by molar-refractivity contribution is 9.10. The van der Waals surface area contributed by atoms with Crippen molar-refractivity contribution in [3.8, 4) is 0 Å². The van der Waals surface area contributed by atoms with Gasteiger partial charge in [-0.3, -0.25) is 5.84 Å². The molecule has 0 amide bonds. The SMILES string of the molecule is NNC(c1cc2cccc(F)c2o1)c1ccoc1Br. The molecule has 0 saturated carbocycles. The molecule has 3 aromatic rings. The zero-order chi connectivity index (χ0) is 13.4. The van der Waals surface area contributed by atoms with E-state index in [1.54, 1.807) is 24.3 Å². The molecule has 0 radical (unpaired) electrons. The van der Waals surface area contributed by atoms with Gasteiger partial charge in [-0.1, -0.05) is 12.1 Å². The maximum atomic E-state index is 13.6. The van der Waals surface area contributed by atoms with Gasteiger partial charge in [-0.2, -0.15) is 0 Å². The summed E-state index contributed by atoms with van der Waals surface area (Å²) in [6.07, 6.45) is 1.53. The molecule has 3 rings (SSSR count). The Balaban J connectivity index is 2.12. The average Bonchev–Trinajstić information content (AvgIpc) is 2.99. The Labute approximate surface area is 116 Å². The largest absolute Gasteiger partial charge is 0.457 e. The van der Waals surface area contributed by atoms with Crippen LogP contribution >= 0.6 is 15.9 Å². The van der Waals surface area contributed by atoms with Crippen molar-refractivity contribution in [3.05, 3.63) is 58.4 Å². The van der Waals surface area contributed by atoms with Crippen molar-refractivity contribution in [1.82, 2.24) is 5.43 Å².